The second-order valence-corrected chi connectivity index (χ2v) is 13.0. The standard InChI is InChI=1S/C20H17N7.C14H15N5.C6H3ClN2.CH4/c1-13(2)27-12-16(15-4-6-22-11-18(15)27)17-5-8-24-20(25-17)26-19-9-14(10-21)3-7-23-19;1-9(2)19-8-11(10-3-5-16-7-13(10)19)12-4-6-17-14(15)18-12;7-6-3-5(4-8)1-2-9-6;/h3-9,11-13H,1-2H3,(H,23,24,25,26);3-9H,1-2H3,(H2,15,17,18);1-3H;1H4. The summed E-state index contributed by atoms with van der Waals surface area (Å²) in [7, 11) is 0. The molecule has 0 atom stereocenters. The summed E-state index contributed by atoms with van der Waals surface area (Å²) in [5, 5.41) is 23.0. The zero-order chi connectivity index (χ0) is 38.9. The van der Waals surface area contributed by atoms with Crippen LogP contribution in [0.4, 0.5) is 17.7 Å². The Bertz CT molecular complexity index is 2670. The number of nitriles is 2. The van der Waals surface area contributed by atoms with Crippen molar-refractivity contribution in [3.63, 3.8) is 0 Å². The number of anilines is 3. The first-order valence-electron chi connectivity index (χ1n) is 17.1. The van der Waals surface area contributed by atoms with Gasteiger partial charge >= 0.3 is 0 Å². The van der Waals surface area contributed by atoms with E-state index in [9.17, 15) is 0 Å². The average Bonchev–Trinajstić information content (AvgIpc) is 3.79. The van der Waals surface area contributed by atoms with Crippen molar-refractivity contribution in [2.45, 2.75) is 47.2 Å². The van der Waals surface area contributed by atoms with E-state index in [4.69, 9.17) is 27.9 Å². The van der Waals surface area contributed by atoms with Crippen LogP contribution in [0.3, 0.4) is 0 Å². The van der Waals surface area contributed by atoms with Gasteiger partial charge in [-0.2, -0.15) is 10.5 Å². The topological polar surface area (TPSA) is 199 Å². The van der Waals surface area contributed by atoms with Crippen LogP contribution in [-0.2, 0) is 0 Å². The Balaban J connectivity index is 0.000000179. The van der Waals surface area contributed by atoms with Crippen LogP contribution in [-0.4, -0.2) is 49.0 Å². The maximum absolute atomic E-state index is 9.02. The number of nitrogens with two attached hydrogens (primary N) is 1. The zero-order valence-corrected chi connectivity index (χ0v) is 31.1. The van der Waals surface area contributed by atoms with Crippen molar-refractivity contribution in [3.8, 4) is 34.7 Å². The molecule has 280 valence electrons. The third kappa shape index (κ3) is 9.25. The zero-order valence-electron chi connectivity index (χ0n) is 30.4. The summed E-state index contributed by atoms with van der Waals surface area (Å²) in [6.45, 7) is 8.56. The molecule has 0 aliphatic heterocycles. The molecule has 8 heterocycles. The molecule has 0 saturated heterocycles. The van der Waals surface area contributed by atoms with Gasteiger partial charge < -0.3 is 20.2 Å². The Morgan fingerprint density at radius 3 is 1.70 bits per heavy atom. The fourth-order valence-corrected chi connectivity index (χ4v) is 5.88. The molecule has 8 aromatic rings. The molecule has 14 nitrogen and oxygen atoms in total. The Hall–Kier alpha value is -7.29. The highest BCUT2D eigenvalue weighted by atomic mass is 35.5. The number of halogens is 1. The Morgan fingerprint density at radius 1 is 0.661 bits per heavy atom. The van der Waals surface area contributed by atoms with E-state index in [0.717, 1.165) is 44.3 Å². The highest BCUT2D eigenvalue weighted by molar-refractivity contribution is 6.29. The lowest BCUT2D eigenvalue weighted by atomic mass is 10.1. The van der Waals surface area contributed by atoms with Gasteiger partial charge in [0, 0.05) is 83.6 Å². The van der Waals surface area contributed by atoms with E-state index in [1.54, 1.807) is 49.2 Å². The minimum Gasteiger partial charge on any atom is -0.368 e. The number of pyridine rings is 4. The molecular formula is C41H39ClN14. The van der Waals surface area contributed by atoms with E-state index in [2.05, 4.69) is 100 Å². The number of nitrogen functional groups attached to an aromatic ring is 1. The molecule has 0 aliphatic rings. The van der Waals surface area contributed by atoms with Crippen molar-refractivity contribution in [3.05, 3.63) is 127 Å². The number of aromatic nitrogens is 10. The summed E-state index contributed by atoms with van der Waals surface area (Å²) < 4.78 is 4.38. The summed E-state index contributed by atoms with van der Waals surface area (Å²) in [6.07, 6.45) is 18.0. The number of hydrogen-bond donors (Lipinski definition) is 2. The Morgan fingerprint density at radius 2 is 1.18 bits per heavy atom. The van der Waals surface area contributed by atoms with Gasteiger partial charge in [0.15, 0.2) is 0 Å². The molecule has 0 aromatic carbocycles. The number of nitrogens with one attached hydrogen (secondary N) is 1. The van der Waals surface area contributed by atoms with Gasteiger partial charge in [-0.15, -0.1) is 0 Å². The molecule has 0 bridgehead atoms. The van der Waals surface area contributed by atoms with Crippen LogP contribution in [0.2, 0.25) is 5.15 Å². The molecule has 0 aliphatic carbocycles. The van der Waals surface area contributed by atoms with Crippen molar-refractivity contribution in [2.24, 2.45) is 0 Å². The second-order valence-electron chi connectivity index (χ2n) is 12.6. The summed E-state index contributed by atoms with van der Waals surface area (Å²) >= 11 is 5.46. The van der Waals surface area contributed by atoms with Crippen molar-refractivity contribution in [1.29, 1.82) is 10.5 Å². The van der Waals surface area contributed by atoms with E-state index < -0.39 is 0 Å². The first-order chi connectivity index (χ1) is 26.6. The SMILES string of the molecule is C.CC(C)n1cc(-c2ccnc(N)n2)c2ccncc21.CC(C)n1cc(-c2ccnc(Nc3cc(C#N)ccn3)n2)c2ccncc21.N#Cc1ccnc(Cl)c1. The van der Waals surface area contributed by atoms with Gasteiger partial charge in [0.1, 0.15) is 11.0 Å². The van der Waals surface area contributed by atoms with Gasteiger partial charge in [0.05, 0.1) is 58.1 Å². The molecule has 8 aromatic heterocycles. The molecule has 0 unspecified atom stereocenters. The number of rotatable bonds is 6. The van der Waals surface area contributed by atoms with E-state index in [1.165, 1.54) is 12.3 Å². The fourth-order valence-electron chi connectivity index (χ4n) is 5.71. The van der Waals surface area contributed by atoms with Crippen molar-refractivity contribution >= 4 is 51.1 Å². The number of fused-ring (bicyclic) bond motifs is 2. The largest absolute Gasteiger partial charge is 0.368 e. The lowest BCUT2D eigenvalue weighted by Crippen LogP contribution is -2.00. The minimum absolute atomic E-state index is 0. The predicted molar refractivity (Wildman–Crippen MR) is 220 cm³/mol. The van der Waals surface area contributed by atoms with Gasteiger partial charge in [0.2, 0.25) is 11.9 Å². The maximum atomic E-state index is 9.02. The lowest BCUT2D eigenvalue weighted by Gasteiger charge is -2.08. The maximum Gasteiger partial charge on any atom is 0.228 e. The summed E-state index contributed by atoms with van der Waals surface area (Å²) in [5.41, 5.74) is 12.6. The van der Waals surface area contributed by atoms with Crippen LogP contribution < -0.4 is 11.1 Å². The fraction of sp³-hybridized carbons (Fsp3) is 0.171. The van der Waals surface area contributed by atoms with Gasteiger partial charge in [-0.1, -0.05) is 19.0 Å². The van der Waals surface area contributed by atoms with Crippen LogP contribution in [0.5, 0.6) is 0 Å². The normalized spacial score (nSPS) is 10.4. The van der Waals surface area contributed by atoms with Crippen molar-refractivity contribution < 1.29 is 0 Å². The molecule has 0 spiro atoms. The third-order valence-electron chi connectivity index (χ3n) is 8.25. The predicted octanol–water partition coefficient (Wildman–Crippen LogP) is 8.98. The monoisotopic (exact) mass is 762 g/mol. The lowest BCUT2D eigenvalue weighted by molar-refractivity contribution is 0.622. The molecule has 3 N–H and O–H groups in total. The number of hydrogen-bond acceptors (Lipinski definition) is 12. The highest BCUT2D eigenvalue weighted by Crippen LogP contribution is 2.32. The number of nitrogens with zero attached hydrogens (tertiary/aromatic N) is 12. The molecule has 0 amide bonds. The molecular weight excluding hydrogens is 724 g/mol. The molecule has 15 heteroatoms. The van der Waals surface area contributed by atoms with Crippen LogP contribution >= 0.6 is 11.6 Å². The summed E-state index contributed by atoms with van der Waals surface area (Å²) in [6, 6.07) is 18.9. The summed E-state index contributed by atoms with van der Waals surface area (Å²) in [4.78, 5) is 33.5. The van der Waals surface area contributed by atoms with Gasteiger partial charge in [-0.3, -0.25) is 9.97 Å². The second kappa shape index (κ2) is 18.2. The molecule has 0 radical (unpaired) electrons. The van der Waals surface area contributed by atoms with Gasteiger partial charge in [-0.05, 0) is 76.2 Å². The van der Waals surface area contributed by atoms with E-state index in [0.29, 0.717) is 40.1 Å². The first-order valence-corrected chi connectivity index (χ1v) is 17.5. The van der Waals surface area contributed by atoms with Crippen LogP contribution in [0, 0.1) is 22.7 Å². The average molecular weight is 763 g/mol. The van der Waals surface area contributed by atoms with E-state index >= 15 is 0 Å². The Labute approximate surface area is 329 Å². The molecule has 0 saturated carbocycles. The van der Waals surface area contributed by atoms with Crippen LogP contribution in [0.25, 0.3) is 44.3 Å². The molecule has 8 rings (SSSR count). The molecule has 56 heavy (non-hydrogen) atoms. The van der Waals surface area contributed by atoms with Gasteiger partial charge in [-0.25, -0.2) is 29.9 Å². The van der Waals surface area contributed by atoms with Crippen LogP contribution in [0.15, 0.2) is 110 Å². The quantitative estimate of drug-likeness (QED) is 0.153. The first kappa shape index (κ1) is 39.9. The van der Waals surface area contributed by atoms with Crippen LogP contribution in [0.1, 0.15) is 58.3 Å². The minimum atomic E-state index is 0. The smallest absolute Gasteiger partial charge is 0.228 e. The van der Waals surface area contributed by atoms with Crippen molar-refractivity contribution in [1.82, 2.24) is 49.0 Å². The molecule has 0 fully saturated rings. The van der Waals surface area contributed by atoms with Crippen molar-refractivity contribution in [2.75, 3.05) is 11.1 Å². The van der Waals surface area contributed by atoms with E-state index in [-0.39, 0.29) is 13.4 Å². The highest BCUT2D eigenvalue weighted by Gasteiger charge is 2.15. The third-order valence-corrected chi connectivity index (χ3v) is 8.46. The van der Waals surface area contributed by atoms with E-state index in [1.807, 2.05) is 42.7 Å². The summed E-state index contributed by atoms with van der Waals surface area (Å²) in [5.74, 6) is 1.24. The Kier molecular flexibility index (Phi) is 12.9. The van der Waals surface area contributed by atoms with Gasteiger partial charge in [0.25, 0.3) is 0 Å².